The van der Waals surface area contributed by atoms with Crippen molar-refractivity contribution < 1.29 is 9.47 Å². The maximum atomic E-state index is 6.14. The summed E-state index contributed by atoms with van der Waals surface area (Å²) in [5.41, 5.74) is 2.03. The van der Waals surface area contributed by atoms with Crippen LogP contribution in [-0.2, 0) is 6.42 Å². The van der Waals surface area contributed by atoms with Crippen LogP contribution in [0, 0.1) is 0 Å². The summed E-state index contributed by atoms with van der Waals surface area (Å²) >= 11 is 11.4. The largest absolute Gasteiger partial charge is 0.454 e. The van der Waals surface area contributed by atoms with E-state index >= 15 is 0 Å². The molecule has 0 saturated carbocycles. The van der Waals surface area contributed by atoms with Crippen LogP contribution in [-0.4, -0.2) is 18.5 Å². The molecule has 0 radical (unpaired) electrons. The molecule has 2 aromatic rings. The van der Waals surface area contributed by atoms with Crippen molar-refractivity contribution in [2.24, 2.45) is 0 Å². The standard InChI is InChI=1S/C17H17ClN2O2S/c18-14-6-2-1-4-12(14)5-3-9-19-17(23)20-13-7-8-15-16(10-13)22-11-21-15/h1-2,4,6-8,10H,3,5,9,11H2,(H2,19,20,23). The van der Waals surface area contributed by atoms with E-state index < -0.39 is 0 Å². The van der Waals surface area contributed by atoms with E-state index in [4.69, 9.17) is 33.3 Å². The third-order valence-corrected chi connectivity index (χ3v) is 4.11. The number of hydrogen-bond acceptors (Lipinski definition) is 3. The Labute approximate surface area is 145 Å². The molecule has 2 aromatic carbocycles. The normalized spacial score (nSPS) is 12.0. The SMILES string of the molecule is S=C(NCCCc1ccccc1Cl)Nc1ccc2c(c1)OCO2. The van der Waals surface area contributed by atoms with E-state index in [9.17, 15) is 0 Å². The topological polar surface area (TPSA) is 42.5 Å². The second-order valence-corrected chi connectivity index (χ2v) is 5.96. The van der Waals surface area contributed by atoms with Gasteiger partial charge in [0.05, 0.1) is 0 Å². The molecule has 0 unspecified atom stereocenters. The van der Waals surface area contributed by atoms with Crippen LogP contribution in [0.5, 0.6) is 11.5 Å². The van der Waals surface area contributed by atoms with Crippen LogP contribution in [0.2, 0.25) is 5.02 Å². The van der Waals surface area contributed by atoms with Gasteiger partial charge in [0.15, 0.2) is 16.6 Å². The molecular formula is C17H17ClN2O2S. The summed E-state index contributed by atoms with van der Waals surface area (Å²) in [5, 5.41) is 7.73. The van der Waals surface area contributed by atoms with Gasteiger partial charge in [-0.25, -0.2) is 0 Å². The van der Waals surface area contributed by atoms with E-state index in [1.165, 1.54) is 0 Å². The minimum atomic E-state index is 0.267. The first-order valence-electron chi connectivity index (χ1n) is 7.40. The van der Waals surface area contributed by atoms with Crippen molar-refractivity contribution in [3.05, 3.63) is 53.1 Å². The van der Waals surface area contributed by atoms with Gasteiger partial charge < -0.3 is 20.1 Å². The zero-order valence-electron chi connectivity index (χ0n) is 12.5. The first-order valence-corrected chi connectivity index (χ1v) is 8.19. The van der Waals surface area contributed by atoms with Gasteiger partial charge in [0.25, 0.3) is 0 Å². The molecule has 4 nitrogen and oxygen atoms in total. The van der Waals surface area contributed by atoms with Gasteiger partial charge in [-0.1, -0.05) is 29.8 Å². The highest BCUT2D eigenvalue weighted by Crippen LogP contribution is 2.34. The summed E-state index contributed by atoms with van der Waals surface area (Å²) in [7, 11) is 0. The quantitative estimate of drug-likeness (QED) is 0.631. The summed E-state index contributed by atoms with van der Waals surface area (Å²) in [6.07, 6.45) is 1.87. The molecule has 0 bridgehead atoms. The van der Waals surface area contributed by atoms with Crippen molar-refractivity contribution in [3.8, 4) is 11.5 Å². The highest BCUT2D eigenvalue weighted by Gasteiger charge is 2.13. The average molecular weight is 349 g/mol. The van der Waals surface area contributed by atoms with Gasteiger partial charge in [-0.3, -0.25) is 0 Å². The number of ether oxygens (including phenoxy) is 2. The van der Waals surface area contributed by atoms with Crippen molar-refractivity contribution in [3.63, 3.8) is 0 Å². The van der Waals surface area contributed by atoms with Gasteiger partial charge in [-0.05, 0) is 48.8 Å². The minimum absolute atomic E-state index is 0.267. The molecule has 6 heteroatoms. The summed E-state index contributed by atoms with van der Waals surface area (Å²) in [5.74, 6) is 1.49. The zero-order valence-corrected chi connectivity index (χ0v) is 14.0. The Hall–Kier alpha value is -1.98. The molecule has 0 spiro atoms. The first kappa shape index (κ1) is 15.9. The number of halogens is 1. The van der Waals surface area contributed by atoms with Crippen LogP contribution in [0.3, 0.4) is 0 Å². The Kier molecular flexibility index (Phi) is 5.20. The van der Waals surface area contributed by atoms with Crippen LogP contribution in [0.15, 0.2) is 42.5 Å². The van der Waals surface area contributed by atoms with Gasteiger partial charge >= 0.3 is 0 Å². The molecule has 1 aliphatic heterocycles. The molecule has 23 heavy (non-hydrogen) atoms. The Morgan fingerprint density at radius 1 is 1.13 bits per heavy atom. The maximum Gasteiger partial charge on any atom is 0.231 e. The molecule has 0 aliphatic carbocycles. The summed E-state index contributed by atoms with van der Waals surface area (Å²) in [6.45, 7) is 1.05. The van der Waals surface area contributed by atoms with E-state index in [0.29, 0.717) is 5.11 Å². The lowest BCUT2D eigenvalue weighted by atomic mass is 10.1. The highest BCUT2D eigenvalue weighted by molar-refractivity contribution is 7.80. The predicted octanol–water partition coefficient (Wildman–Crippen LogP) is 3.99. The molecule has 0 atom stereocenters. The van der Waals surface area contributed by atoms with Crippen LogP contribution < -0.4 is 20.1 Å². The monoisotopic (exact) mass is 348 g/mol. The fraction of sp³-hybridized carbons (Fsp3) is 0.235. The van der Waals surface area contributed by atoms with Crippen molar-refractivity contribution in [2.45, 2.75) is 12.8 Å². The van der Waals surface area contributed by atoms with E-state index in [1.807, 2.05) is 42.5 Å². The molecule has 3 rings (SSSR count). The number of benzene rings is 2. The van der Waals surface area contributed by atoms with E-state index in [-0.39, 0.29) is 6.79 Å². The molecule has 1 heterocycles. The van der Waals surface area contributed by atoms with E-state index in [2.05, 4.69) is 10.6 Å². The van der Waals surface area contributed by atoms with Gasteiger partial charge in [0.1, 0.15) is 0 Å². The van der Waals surface area contributed by atoms with Crippen molar-refractivity contribution in [1.82, 2.24) is 5.32 Å². The molecule has 1 aliphatic rings. The lowest BCUT2D eigenvalue weighted by Gasteiger charge is -2.11. The lowest BCUT2D eigenvalue weighted by Crippen LogP contribution is -2.29. The van der Waals surface area contributed by atoms with Crippen molar-refractivity contribution in [2.75, 3.05) is 18.7 Å². The van der Waals surface area contributed by atoms with Gasteiger partial charge in [-0.15, -0.1) is 0 Å². The summed E-state index contributed by atoms with van der Waals surface area (Å²) in [4.78, 5) is 0. The fourth-order valence-electron chi connectivity index (χ4n) is 2.33. The first-order chi connectivity index (χ1) is 11.2. The van der Waals surface area contributed by atoms with Crippen LogP contribution >= 0.6 is 23.8 Å². The Morgan fingerprint density at radius 2 is 1.96 bits per heavy atom. The number of rotatable bonds is 5. The third kappa shape index (κ3) is 4.27. The predicted molar refractivity (Wildman–Crippen MR) is 96.6 cm³/mol. The number of hydrogen-bond donors (Lipinski definition) is 2. The molecule has 0 fully saturated rings. The Balaban J connectivity index is 1.42. The number of fused-ring (bicyclic) bond motifs is 1. The van der Waals surface area contributed by atoms with Crippen LogP contribution in [0.1, 0.15) is 12.0 Å². The molecule has 0 aromatic heterocycles. The molecule has 120 valence electrons. The van der Waals surface area contributed by atoms with Gasteiger partial charge in [0.2, 0.25) is 6.79 Å². The number of aryl methyl sites for hydroxylation is 1. The Bertz CT molecular complexity index is 709. The lowest BCUT2D eigenvalue weighted by molar-refractivity contribution is 0.174. The van der Waals surface area contributed by atoms with Crippen LogP contribution in [0.4, 0.5) is 5.69 Å². The molecule has 0 amide bonds. The van der Waals surface area contributed by atoms with Crippen molar-refractivity contribution in [1.29, 1.82) is 0 Å². The van der Waals surface area contributed by atoms with E-state index in [1.54, 1.807) is 0 Å². The maximum absolute atomic E-state index is 6.14. The minimum Gasteiger partial charge on any atom is -0.454 e. The smallest absolute Gasteiger partial charge is 0.231 e. The molecule has 0 saturated heterocycles. The average Bonchev–Trinajstić information content (AvgIpc) is 3.01. The van der Waals surface area contributed by atoms with E-state index in [0.717, 1.165) is 47.2 Å². The number of nitrogens with one attached hydrogen (secondary N) is 2. The zero-order chi connectivity index (χ0) is 16.1. The number of thiocarbonyl (C=S) groups is 1. The van der Waals surface area contributed by atoms with Gasteiger partial charge in [0, 0.05) is 23.3 Å². The third-order valence-electron chi connectivity index (χ3n) is 3.50. The molecular weight excluding hydrogens is 332 g/mol. The second-order valence-electron chi connectivity index (χ2n) is 5.14. The second kappa shape index (κ2) is 7.53. The van der Waals surface area contributed by atoms with Gasteiger partial charge in [-0.2, -0.15) is 0 Å². The van der Waals surface area contributed by atoms with Crippen LogP contribution in [0.25, 0.3) is 0 Å². The number of anilines is 1. The fourth-order valence-corrected chi connectivity index (χ4v) is 2.78. The van der Waals surface area contributed by atoms with Crippen molar-refractivity contribution >= 4 is 34.6 Å². The molecule has 2 N–H and O–H groups in total. The highest BCUT2D eigenvalue weighted by atomic mass is 35.5. The summed E-state index contributed by atoms with van der Waals surface area (Å²) in [6, 6.07) is 13.5. The summed E-state index contributed by atoms with van der Waals surface area (Å²) < 4.78 is 10.6. The Morgan fingerprint density at radius 3 is 2.83 bits per heavy atom.